The Morgan fingerprint density at radius 2 is 2.24 bits per heavy atom. The number of nitrogen functional groups attached to an aromatic ring is 1. The Labute approximate surface area is 96.4 Å². The SMILES string of the molecule is N#Cc1c(-c2cccc([N+](=O)[O-])c2)c[nH]c1N. The summed E-state index contributed by atoms with van der Waals surface area (Å²) in [6, 6.07) is 8.02. The Hall–Kier alpha value is -2.81. The van der Waals surface area contributed by atoms with Gasteiger partial charge in [0.25, 0.3) is 5.69 Å². The van der Waals surface area contributed by atoms with Gasteiger partial charge in [-0.25, -0.2) is 0 Å². The molecule has 2 rings (SSSR count). The summed E-state index contributed by atoms with van der Waals surface area (Å²) in [4.78, 5) is 12.9. The standard InChI is InChI=1S/C11H8N4O2/c12-5-9-10(6-14-11(9)13)7-2-1-3-8(4-7)15(16)17/h1-4,6,14H,13H2. The first kappa shape index (κ1) is 10.7. The van der Waals surface area contributed by atoms with Gasteiger partial charge in [0.2, 0.25) is 0 Å². The fourth-order valence-electron chi connectivity index (χ4n) is 1.57. The molecule has 0 saturated carbocycles. The lowest BCUT2D eigenvalue weighted by molar-refractivity contribution is -0.384. The zero-order chi connectivity index (χ0) is 12.4. The van der Waals surface area contributed by atoms with Crippen LogP contribution in [0.2, 0.25) is 0 Å². The number of benzene rings is 1. The van der Waals surface area contributed by atoms with E-state index in [2.05, 4.69) is 4.98 Å². The first-order valence-electron chi connectivity index (χ1n) is 4.75. The van der Waals surface area contributed by atoms with Gasteiger partial charge in [0, 0.05) is 23.9 Å². The van der Waals surface area contributed by atoms with Gasteiger partial charge < -0.3 is 10.7 Å². The van der Waals surface area contributed by atoms with Crippen molar-refractivity contribution in [2.45, 2.75) is 0 Å². The second kappa shape index (κ2) is 3.98. The molecule has 0 aliphatic rings. The maximum Gasteiger partial charge on any atom is 0.270 e. The Bertz CT molecular complexity index is 625. The molecule has 0 aliphatic heterocycles. The second-order valence-electron chi connectivity index (χ2n) is 3.41. The van der Waals surface area contributed by atoms with Crippen LogP contribution in [0.3, 0.4) is 0 Å². The van der Waals surface area contributed by atoms with Gasteiger partial charge in [0.05, 0.1) is 4.92 Å². The number of hydrogen-bond donors (Lipinski definition) is 2. The summed E-state index contributed by atoms with van der Waals surface area (Å²) in [6.45, 7) is 0. The van der Waals surface area contributed by atoms with Crippen LogP contribution in [0.4, 0.5) is 11.5 Å². The minimum Gasteiger partial charge on any atom is -0.384 e. The van der Waals surface area contributed by atoms with E-state index in [1.165, 1.54) is 12.1 Å². The van der Waals surface area contributed by atoms with E-state index in [0.29, 0.717) is 16.7 Å². The molecule has 0 fully saturated rings. The molecule has 6 nitrogen and oxygen atoms in total. The zero-order valence-electron chi connectivity index (χ0n) is 8.68. The minimum absolute atomic E-state index is 0.0221. The second-order valence-corrected chi connectivity index (χ2v) is 3.41. The molecule has 0 aliphatic carbocycles. The monoisotopic (exact) mass is 228 g/mol. The molecule has 6 heteroatoms. The highest BCUT2D eigenvalue weighted by Crippen LogP contribution is 2.29. The predicted octanol–water partition coefficient (Wildman–Crippen LogP) is 2.04. The van der Waals surface area contributed by atoms with Crippen molar-refractivity contribution in [3.8, 4) is 17.2 Å². The number of nitro groups is 1. The Kier molecular flexibility index (Phi) is 2.51. The number of aromatic nitrogens is 1. The molecular weight excluding hydrogens is 220 g/mol. The maximum absolute atomic E-state index is 10.7. The van der Waals surface area contributed by atoms with Crippen LogP contribution < -0.4 is 5.73 Å². The lowest BCUT2D eigenvalue weighted by Gasteiger charge is -1.98. The average Bonchev–Trinajstić information content (AvgIpc) is 2.70. The number of nitrogens with two attached hydrogens (primary N) is 1. The fraction of sp³-hybridized carbons (Fsp3) is 0. The Morgan fingerprint density at radius 1 is 1.47 bits per heavy atom. The molecule has 0 unspecified atom stereocenters. The van der Waals surface area contributed by atoms with Crippen molar-refractivity contribution in [1.29, 1.82) is 5.26 Å². The number of nitriles is 1. The zero-order valence-corrected chi connectivity index (χ0v) is 8.68. The highest BCUT2D eigenvalue weighted by molar-refractivity contribution is 5.76. The highest BCUT2D eigenvalue weighted by atomic mass is 16.6. The molecular formula is C11H8N4O2. The van der Waals surface area contributed by atoms with Crippen molar-refractivity contribution < 1.29 is 4.92 Å². The number of H-pyrrole nitrogens is 1. The molecule has 0 saturated heterocycles. The molecule has 0 atom stereocenters. The number of nitrogens with zero attached hydrogens (tertiary/aromatic N) is 2. The number of aromatic amines is 1. The van der Waals surface area contributed by atoms with E-state index in [1.54, 1.807) is 18.3 Å². The third kappa shape index (κ3) is 1.81. The van der Waals surface area contributed by atoms with Gasteiger partial charge in [-0.15, -0.1) is 0 Å². The van der Waals surface area contributed by atoms with Gasteiger partial charge in [-0.05, 0) is 5.56 Å². The number of nitro benzene ring substituents is 1. The molecule has 1 heterocycles. The molecule has 0 spiro atoms. The molecule has 0 radical (unpaired) electrons. The van der Waals surface area contributed by atoms with E-state index >= 15 is 0 Å². The van der Waals surface area contributed by atoms with Gasteiger partial charge in [0.1, 0.15) is 17.5 Å². The summed E-state index contributed by atoms with van der Waals surface area (Å²) in [5.74, 6) is 0.258. The van der Waals surface area contributed by atoms with E-state index in [1.807, 2.05) is 6.07 Å². The fourth-order valence-corrected chi connectivity index (χ4v) is 1.57. The first-order valence-corrected chi connectivity index (χ1v) is 4.75. The van der Waals surface area contributed by atoms with Crippen molar-refractivity contribution in [3.63, 3.8) is 0 Å². The summed E-state index contributed by atoms with van der Waals surface area (Å²) in [7, 11) is 0. The number of anilines is 1. The first-order chi connectivity index (χ1) is 8.13. The minimum atomic E-state index is -0.481. The summed E-state index contributed by atoms with van der Waals surface area (Å²) in [6.07, 6.45) is 1.56. The lowest BCUT2D eigenvalue weighted by atomic mass is 10.0. The average molecular weight is 228 g/mol. The number of nitrogens with one attached hydrogen (secondary N) is 1. The number of non-ortho nitro benzene ring substituents is 1. The molecule has 84 valence electrons. The van der Waals surface area contributed by atoms with Crippen LogP contribution in [-0.2, 0) is 0 Å². The van der Waals surface area contributed by atoms with Gasteiger partial charge >= 0.3 is 0 Å². The van der Waals surface area contributed by atoms with Crippen LogP contribution in [0, 0.1) is 21.4 Å². The molecule has 2 aromatic rings. The van der Waals surface area contributed by atoms with Crippen LogP contribution in [0.15, 0.2) is 30.5 Å². The lowest BCUT2D eigenvalue weighted by Crippen LogP contribution is -1.89. The summed E-state index contributed by atoms with van der Waals surface area (Å²) in [5.41, 5.74) is 7.00. The van der Waals surface area contributed by atoms with Crippen LogP contribution in [0.5, 0.6) is 0 Å². The van der Waals surface area contributed by atoms with E-state index in [4.69, 9.17) is 11.0 Å². The van der Waals surface area contributed by atoms with Crippen molar-refractivity contribution in [3.05, 3.63) is 46.1 Å². The largest absolute Gasteiger partial charge is 0.384 e. The molecule has 3 N–H and O–H groups in total. The van der Waals surface area contributed by atoms with Crippen molar-refractivity contribution >= 4 is 11.5 Å². The van der Waals surface area contributed by atoms with E-state index in [-0.39, 0.29) is 11.5 Å². The van der Waals surface area contributed by atoms with Gasteiger partial charge in [-0.2, -0.15) is 5.26 Å². The maximum atomic E-state index is 10.7. The normalized spacial score (nSPS) is 9.82. The van der Waals surface area contributed by atoms with Gasteiger partial charge in [-0.3, -0.25) is 10.1 Å². The van der Waals surface area contributed by atoms with Crippen LogP contribution in [0.1, 0.15) is 5.56 Å². The third-order valence-electron chi connectivity index (χ3n) is 2.39. The van der Waals surface area contributed by atoms with Crippen molar-refractivity contribution in [2.75, 3.05) is 5.73 Å². The van der Waals surface area contributed by atoms with Crippen molar-refractivity contribution in [1.82, 2.24) is 4.98 Å². The highest BCUT2D eigenvalue weighted by Gasteiger charge is 2.13. The number of rotatable bonds is 2. The molecule has 1 aromatic carbocycles. The van der Waals surface area contributed by atoms with E-state index in [0.717, 1.165) is 0 Å². The van der Waals surface area contributed by atoms with Crippen molar-refractivity contribution in [2.24, 2.45) is 0 Å². The van der Waals surface area contributed by atoms with E-state index in [9.17, 15) is 10.1 Å². The predicted molar refractivity (Wildman–Crippen MR) is 62.0 cm³/mol. The molecule has 1 aromatic heterocycles. The van der Waals surface area contributed by atoms with Crippen LogP contribution in [0.25, 0.3) is 11.1 Å². The Morgan fingerprint density at radius 3 is 2.88 bits per heavy atom. The molecule has 17 heavy (non-hydrogen) atoms. The Balaban J connectivity index is 2.57. The van der Waals surface area contributed by atoms with Gasteiger partial charge in [-0.1, -0.05) is 12.1 Å². The quantitative estimate of drug-likeness (QED) is 0.605. The van der Waals surface area contributed by atoms with Crippen LogP contribution in [-0.4, -0.2) is 9.91 Å². The molecule has 0 bridgehead atoms. The number of hydrogen-bond acceptors (Lipinski definition) is 4. The van der Waals surface area contributed by atoms with E-state index < -0.39 is 4.92 Å². The summed E-state index contributed by atoms with van der Waals surface area (Å²) < 4.78 is 0. The summed E-state index contributed by atoms with van der Waals surface area (Å²) >= 11 is 0. The molecule has 0 amide bonds. The van der Waals surface area contributed by atoms with Gasteiger partial charge in [0.15, 0.2) is 0 Å². The third-order valence-corrected chi connectivity index (χ3v) is 2.39. The summed E-state index contributed by atoms with van der Waals surface area (Å²) in [5, 5.41) is 19.6. The topological polar surface area (TPSA) is 109 Å². The van der Waals surface area contributed by atoms with Crippen LogP contribution >= 0.6 is 0 Å². The smallest absolute Gasteiger partial charge is 0.270 e.